The van der Waals surface area contributed by atoms with E-state index in [1.807, 2.05) is 19.2 Å². The Morgan fingerprint density at radius 1 is 1.14 bits per heavy atom. The van der Waals surface area contributed by atoms with Gasteiger partial charge in [0.2, 0.25) is 5.91 Å². The summed E-state index contributed by atoms with van der Waals surface area (Å²) in [7, 11) is 0. The largest absolute Gasteiger partial charge is 0.490 e. The van der Waals surface area contributed by atoms with E-state index in [9.17, 15) is 9.59 Å². The maximum absolute atomic E-state index is 12.3. The second kappa shape index (κ2) is 18.6. The summed E-state index contributed by atoms with van der Waals surface area (Å²) in [5, 5.41) is 16.6. The van der Waals surface area contributed by atoms with Crippen molar-refractivity contribution < 1.29 is 23.8 Å². The van der Waals surface area contributed by atoms with Gasteiger partial charge in [-0.2, -0.15) is 5.26 Å². The Hall–Kier alpha value is -2.72. The fourth-order valence-corrected chi connectivity index (χ4v) is 3.15. The first-order valence-corrected chi connectivity index (χ1v) is 12.7. The third kappa shape index (κ3) is 15.7. The van der Waals surface area contributed by atoms with Crippen molar-refractivity contribution in [2.24, 2.45) is 11.8 Å². The molecule has 192 valence electrons. The lowest BCUT2D eigenvalue weighted by Gasteiger charge is -2.16. The minimum absolute atomic E-state index is 0.0917. The van der Waals surface area contributed by atoms with Crippen molar-refractivity contribution in [2.75, 3.05) is 39.5 Å². The lowest BCUT2D eigenvalue weighted by atomic mass is 10.1. The lowest BCUT2D eigenvalue weighted by molar-refractivity contribution is -0.126. The van der Waals surface area contributed by atoms with Crippen LogP contribution in [0.1, 0.15) is 50.9 Å². The highest BCUT2D eigenvalue weighted by molar-refractivity contribution is 8.04. The molecule has 0 fully saturated rings. The zero-order valence-corrected chi connectivity index (χ0v) is 21.9. The van der Waals surface area contributed by atoms with Gasteiger partial charge in [-0.1, -0.05) is 45.6 Å². The van der Waals surface area contributed by atoms with E-state index in [4.69, 9.17) is 19.5 Å². The van der Waals surface area contributed by atoms with Gasteiger partial charge in [-0.15, -0.1) is 0 Å². The predicted octanol–water partition coefficient (Wildman–Crippen LogP) is 3.58. The summed E-state index contributed by atoms with van der Waals surface area (Å²) in [6.07, 6.45) is 2.00. The molecule has 1 rings (SSSR count). The molecule has 0 radical (unpaired) electrons. The van der Waals surface area contributed by atoms with Crippen LogP contribution in [0.15, 0.2) is 24.3 Å². The normalized spacial score (nSPS) is 11.3. The van der Waals surface area contributed by atoms with Crippen LogP contribution in [0, 0.1) is 34.3 Å². The van der Waals surface area contributed by atoms with Crippen LogP contribution in [0.2, 0.25) is 0 Å². The van der Waals surface area contributed by atoms with Crippen LogP contribution in [0.4, 0.5) is 0 Å². The molecule has 0 saturated heterocycles. The number of benzene rings is 1. The maximum atomic E-state index is 12.3. The molecule has 2 amide bonds. The summed E-state index contributed by atoms with van der Waals surface area (Å²) in [6.45, 7) is 9.61. The zero-order chi connectivity index (χ0) is 25.9. The number of thiocyanates is 1. The lowest BCUT2D eigenvalue weighted by Crippen LogP contribution is -2.29. The smallest absolute Gasteiger partial charge is 0.251 e. The fraction of sp³-hybridized carbons (Fsp3) is 0.577. The van der Waals surface area contributed by atoms with Crippen LogP contribution in [-0.4, -0.2) is 56.8 Å². The number of ether oxygens (including phenoxy) is 3. The molecule has 0 spiro atoms. The minimum Gasteiger partial charge on any atom is -0.490 e. The molecular weight excluding hydrogens is 466 g/mol. The number of nitrogens with one attached hydrogen (secondary N) is 2. The third-order valence-corrected chi connectivity index (χ3v) is 5.08. The van der Waals surface area contributed by atoms with Crippen LogP contribution in [-0.2, 0) is 14.3 Å². The van der Waals surface area contributed by atoms with Crippen molar-refractivity contribution >= 4 is 23.6 Å². The van der Waals surface area contributed by atoms with E-state index in [0.29, 0.717) is 23.8 Å². The van der Waals surface area contributed by atoms with Crippen molar-refractivity contribution in [3.05, 3.63) is 29.8 Å². The molecule has 0 aliphatic carbocycles. The first kappa shape index (κ1) is 30.3. The van der Waals surface area contributed by atoms with Gasteiger partial charge >= 0.3 is 0 Å². The molecule has 8 nitrogen and oxygen atoms in total. The summed E-state index contributed by atoms with van der Waals surface area (Å²) in [6, 6.07) is 6.89. The topological polar surface area (TPSA) is 110 Å². The number of hydrogen-bond donors (Lipinski definition) is 2. The Bertz CT molecular complexity index is 874. The number of thioether (sulfide) groups is 1. The highest BCUT2D eigenvalue weighted by Gasteiger charge is 2.13. The molecule has 0 aliphatic rings. The summed E-state index contributed by atoms with van der Waals surface area (Å²) >= 11 is 0.931. The molecule has 1 aromatic rings. The molecule has 0 unspecified atom stereocenters. The monoisotopic (exact) mass is 503 g/mol. The second-order valence-electron chi connectivity index (χ2n) is 8.45. The van der Waals surface area contributed by atoms with Gasteiger partial charge in [-0.05, 0) is 48.7 Å². The molecule has 0 bridgehead atoms. The zero-order valence-electron chi connectivity index (χ0n) is 21.1. The molecule has 9 heteroatoms. The van der Waals surface area contributed by atoms with Crippen molar-refractivity contribution in [1.29, 1.82) is 5.26 Å². The van der Waals surface area contributed by atoms with Crippen molar-refractivity contribution in [3.63, 3.8) is 0 Å². The molecule has 1 atom stereocenters. The molecule has 35 heavy (non-hydrogen) atoms. The fourth-order valence-electron chi connectivity index (χ4n) is 2.73. The SMILES string of the molecule is CC(C)C#CCNC(=O)COCCO[C@H](COc1cccc(C(=O)NCCCC(C)C)c1)SC#N. The maximum Gasteiger partial charge on any atom is 0.251 e. The van der Waals surface area contributed by atoms with Gasteiger partial charge < -0.3 is 24.8 Å². The quantitative estimate of drug-likeness (QED) is 0.154. The Morgan fingerprint density at radius 2 is 1.94 bits per heavy atom. The summed E-state index contributed by atoms with van der Waals surface area (Å²) in [4.78, 5) is 24.0. The Morgan fingerprint density at radius 3 is 2.66 bits per heavy atom. The Balaban J connectivity index is 2.34. The van der Waals surface area contributed by atoms with E-state index in [1.54, 1.807) is 24.3 Å². The van der Waals surface area contributed by atoms with Crippen molar-refractivity contribution in [1.82, 2.24) is 10.6 Å². The highest BCUT2D eigenvalue weighted by Crippen LogP contribution is 2.17. The first-order chi connectivity index (χ1) is 16.8. The third-order valence-electron chi connectivity index (χ3n) is 4.44. The van der Waals surface area contributed by atoms with Gasteiger partial charge in [0.1, 0.15) is 24.4 Å². The number of carbonyl (C=O) groups is 2. The molecular formula is C26H37N3O5S. The summed E-state index contributed by atoms with van der Waals surface area (Å²) in [5.74, 6) is 6.81. The van der Waals surface area contributed by atoms with Crippen LogP contribution in [0.3, 0.4) is 0 Å². The van der Waals surface area contributed by atoms with Crippen LogP contribution < -0.4 is 15.4 Å². The van der Waals surface area contributed by atoms with E-state index < -0.39 is 5.44 Å². The van der Waals surface area contributed by atoms with Crippen molar-refractivity contribution in [3.8, 4) is 23.0 Å². The van der Waals surface area contributed by atoms with Crippen LogP contribution in [0.25, 0.3) is 0 Å². The van der Waals surface area contributed by atoms with Gasteiger partial charge in [0.15, 0.2) is 5.44 Å². The minimum atomic E-state index is -0.544. The Labute approximate surface area is 213 Å². The second-order valence-corrected chi connectivity index (χ2v) is 9.39. The number of nitriles is 1. The standard InChI is InChI=1S/C26H37N3O5S/c1-20(2)8-6-12-28-24(30)17-32-14-15-33-25(35-19-27)18-34-23-11-5-10-22(16-23)26(31)29-13-7-9-21(3)4/h5,10-11,16,20-21,25H,7,9,12-15,17-18H2,1-4H3,(H,28,30)(H,29,31)/t25-/m0/s1. The van der Waals surface area contributed by atoms with Gasteiger partial charge in [0, 0.05) is 18.0 Å². The van der Waals surface area contributed by atoms with E-state index in [0.717, 1.165) is 24.6 Å². The van der Waals surface area contributed by atoms with Gasteiger partial charge in [0.05, 0.1) is 19.8 Å². The molecule has 0 aromatic heterocycles. The number of rotatable bonds is 16. The van der Waals surface area contributed by atoms with E-state index in [2.05, 4.69) is 36.3 Å². The van der Waals surface area contributed by atoms with E-state index >= 15 is 0 Å². The highest BCUT2D eigenvalue weighted by atomic mass is 32.2. The van der Waals surface area contributed by atoms with Gasteiger partial charge in [0.25, 0.3) is 5.91 Å². The molecule has 0 heterocycles. The average Bonchev–Trinajstić information content (AvgIpc) is 2.82. The predicted molar refractivity (Wildman–Crippen MR) is 138 cm³/mol. The summed E-state index contributed by atoms with van der Waals surface area (Å²) in [5.41, 5.74) is -0.0310. The van der Waals surface area contributed by atoms with E-state index in [-0.39, 0.29) is 50.7 Å². The van der Waals surface area contributed by atoms with Crippen LogP contribution in [0.5, 0.6) is 5.75 Å². The molecule has 2 N–H and O–H groups in total. The Kier molecular flexibility index (Phi) is 16.1. The van der Waals surface area contributed by atoms with Crippen molar-refractivity contribution in [2.45, 2.75) is 46.0 Å². The first-order valence-electron chi connectivity index (χ1n) is 11.8. The summed E-state index contributed by atoms with van der Waals surface area (Å²) < 4.78 is 16.7. The number of hydrogen-bond acceptors (Lipinski definition) is 7. The number of carbonyl (C=O) groups excluding carboxylic acids is 2. The van der Waals surface area contributed by atoms with Gasteiger partial charge in [-0.3, -0.25) is 9.59 Å². The van der Waals surface area contributed by atoms with E-state index in [1.165, 1.54) is 0 Å². The number of nitrogens with zero attached hydrogens (tertiary/aromatic N) is 1. The number of amides is 2. The molecule has 1 aromatic carbocycles. The van der Waals surface area contributed by atoms with Gasteiger partial charge in [-0.25, -0.2) is 0 Å². The van der Waals surface area contributed by atoms with Crippen LogP contribution >= 0.6 is 11.8 Å². The average molecular weight is 504 g/mol. The molecule has 0 aliphatic heterocycles. The molecule has 0 saturated carbocycles.